The van der Waals surface area contributed by atoms with Crippen molar-refractivity contribution in [1.82, 2.24) is 0 Å². The minimum atomic E-state index is -0.682. The van der Waals surface area contributed by atoms with Gasteiger partial charge in [-0.1, -0.05) is 49.1 Å². The van der Waals surface area contributed by atoms with Crippen LogP contribution in [0.3, 0.4) is 0 Å². The lowest BCUT2D eigenvalue weighted by Gasteiger charge is -2.28. The molecule has 0 radical (unpaired) electrons. The molecule has 2 aromatic carbocycles. The molecule has 0 unspecified atom stereocenters. The summed E-state index contributed by atoms with van der Waals surface area (Å²) in [5.41, 5.74) is 0.665. The molecular weight excluding hydrogens is 421 g/mol. The predicted molar refractivity (Wildman–Crippen MR) is 119 cm³/mol. The van der Waals surface area contributed by atoms with E-state index in [0.29, 0.717) is 23.5 Å². The van der Waals surface area contributed by atoms with Crippen LogP contribution in [0.4, 0.5) is 13.2 Å². The van der Waals surface area contributed by atoms with Crippen LogP contribution in [0, 0.1) is 41.1 Å². The van der Waals surface area contributed by atoms with Gasteiger partial charge in [-0.3, -0.25) is 0 Å². The van der Waals surface area contributed by atoms with E-state index < -0.39 is 17.5 Å². The third-order valence-electron chi connectivity index (χ3n) is 6.12. The molecule has 0 N–H and O–H groups in total. The van der Waals surface area contributed by atoms with Crippen molar-refractivity contribution >= 4 is 11.6 Å². The summed E-state index contributed by atoms with van der Waals surface area (Å²) in [4.78, 5) is 0. The molecule has 1 aliphatic carbocycles. The smallest absolute Gasteiger partial charge is 0.143 e. The highest BCUT2D eigenvalue weighted by atomic mass is 35.5. The maximum Gasteiger partial charge on any atom is 0.143 e. The average molecular weight is 449 g/mol. The van der Waals surface area contributed by atoms with Gasteiger partial charge in [0.15, 0.2) is 0 Å². The molecule has 0 bridgehead atoms. The largest absolute Gasteiger partial charge is 0.385 e. The number of halogens is 4. The fourth-order valence-corrected chi connectivity index (χ4v) is 4.41. The van der Waals surface area contributed by atoms with E-state index in [-0.39, 0.29) is 10.6 Å². The first-order valence-electron chi connectivity index (χ1n) is 10.9. The third kappa shape index (κ3) is 7.02. The van der Waals surface area contributed by atoms with Gasteiger partial charge in [0.25, 0.3) is 0 Å². The van der Waals surface area contributed by atoms with Gasteiger partial charge in [-0.15, -0.1) is 0 Å². The minimum absolute atomic E-state index is 0.0214. The van der Waals surface area contributed by atoms with E-state index in [2.05, 4.69) is 11.8 Å². The van der Waals surface area contributed by atoms with Gasteiger partial charge in [-0.25, -0.2) is 13.2 Å². The normalized spacial score (nSPS) is 18.5. The van der Waals surface area contributed by atoms with E-state index in [1.54, 1.807) is 7.11 Å². The molecule has 0 aliphatic heterocycles. The van der Waals surface area contributed by atoms with Crippen LogP contribution in [0.2, 0.25) is 5.02 Å². The van der Waals surface area contributed by atoms with E-state index >= 15 is 0 Å². The Kier molecular flexibility index (Phi) is 8.87. The maximum absolute atomic E-state index is 14.5. The Morgan fingerprint density at radius 1 is 0.903 bits per heavy atom. The van der Waals surface area contributed by atoms with Gasteiger partial charge in [-0.2, -0.15) is 0 Å². The Hall–Kier alpha value is -1.96. The topological polar surface area (TPSA) is 9.23 Å². The SMILES string of the molecule is COCCCC1CCC(CCc2cc(F)c(C#Cc3ccc(Cl)c(F)c3)c(F)c2)CC1. The summed E-state index contributed by atoms with van der Waals surface area (Å²) in [5, 5.41) is -0.0214. The summed E-state index contributed by atoms with van der Waals surface area (Å²) in [6.45, 7) is 0.827. The first-order valence-corrected chi connectivity index (χ1v) is 11.3. The first-order chi connectivity index (χ1) is 15.0. The van der Waals surface area contributed by atoms with Crippen LogP contribution in [-0.2, 0) is 11.2 Å². The summed E-state index contributed by atoms with van der Waals surface area (Å²) in [5.74, 6) is 4.50. The molecule has 1 saturated carbocycles. The Morgan fingerprint density at radius 3 is 2.16 bits per heavy atom. The molecule has 0 aromatic heterocycles. The molecule has 0 amide bonds. The van der Waals surface area contributed by atoms with E-state index in [1.807, 2.05) is 0 Å². The zero-order valence-corrected chi connectivity index (χ0v) is 18.6. The van der Waals surface area contributed by atoms with Crippen molar-refractivity contribution < 1.29 is 17.9 Å². The summed E-state index contributed by atoms with van der Waals surface area (Å²) < 4.78 is 47.6. The van der Waals surface area contributed by atoms with Gasteiger partial charge in [0.05, 0.1) is 10.6 Å². The highest BCUT2D eigenvalue weighted by Gasteiger charge is 2.21. The first kappa shape index (κ1) is 23.7. The van der Waals surface area contributed by atoms with Crippen LogP contribution in [0.5, 0.6) is 0 Å². The molecule has 0 atom stereocenters. The summed E-state index contributed by atoms with van der Waals surface area (Å²) in [6.07, 6.45) is 8.78. The van der Waals surface area contributed by atoms with E-state index in [4.69, 9.17) is 16.3 Å². The number of methoxy groups -OCH3 is 1. The van der Waals surface area contributed by atoms with Crippen LogP contribution in [0.15, 0.2) is 30.3 Å². The summed E-state index contributed by atoms with van der Waals surface area (Å²) in [6, 6.07) is 6.75. The van der Waals surface area contributed by atoms with Crippen LogP contribution < -0.4 is 0 Å². The lowest BCUT2D eigenvalue weighted by molar-refractivity contribution is 0.175. The molecular formula is C26H28ClF3O. The highest BCUT2D eigenvalue weighted by Crippen LogP contribution is 2.34. The zero-order chi connectivity index (χ0) is 22.2. The summed E-state index contributed by atoms with van der Waals surface area (Å²) in [7, 11) is 1.74. The van der Waals surface area contributed by atoms with Crippen molar-refractivity contribution in [1.29, 1.82) is 0 Å². The zero-order valence-electron chi connectivity index (χ0n) is 17.8. The van der Waals surface area contributed by atoms with Crippen molar-refractivity contribution in [2.24, 2.45) is 11.8 Å². The molecule has 3 rings (SSSR count). The van der Waals surface area contributed by atoms with Crippen LogP contribution in [0.1, 0.15) is 61.6 Å². The molecule has 1 fully saturated rings. The van der Waals surface area contributed by atoms with Gasteiger partial charge >= 0.3 is 0 Å². The van der Waals surface area contributed by atoms with Crippen molar-refractivity contribution in [3.63, 3.8) is 0 Å². The van der Waals surface area contributed by atoms with E-state index in [1.165, 1.54) is 56.4 Å². The summed E-state index contributed by atoms with van der Waals surface area (Å²) >= 11 is 5.64. The van der Waals surface area contributed by atoms with Crippen molar-refractivity contribution in [2.45, 2.75) is 51.4 Å². The van der Waals surface area contributed by atoms with Crippen molar-refractivity contribution in [3.8, 4) is 11.8 Å². The van der Waals surface area contributed by atoms with Gasteiger partial charge in [0.1, 0.15) is 17.5 Å². The van der Waals surface area contributed by atoms with Crippen molar-refractivity contribution in [3.05, 3.63) is 69.5 Å². The fourth-order valence-electron chi connectivity index (χ4n) is 4.29. The molecule has 1 aliphatic rings. The molecule has 166 valence electrons. The molecule has 5 heteroatoms. The number of hydrogen-bond donors (Lipinski definition) is 0. The van der Waals surface area contributed by atoms with Crippen LogP contribution >= 0.6 is 11.6 Å². The lowest BCUT2D eigenvalue weighted by Crippen LogP contribution is -2.15. The minimum Gasteiger partial charge on any atom is -0.385 e. The third-order valence-corrected chi connectivity index (χ3v) is 6.43. The second kappa shape index (κ2) is 11.6. The second-order valence-corrected chi connectivity index (χ2v) is 8.78. The molecule has 1 nitrogen and oxygen atoms in total. The number of benzene rings is 2. The highest BCUT2D eigenvalue weighted by molar-refractivity contribution is 6.30. The Bertz CT molecular complexity index is 916. The van der Waals surface area contributed by atoms with Crippen LogP contribution in [0.25, 0.3) is 0 Å². The van der Waals surface area contributed by atoms with Crippen LogP contribution in [-0.4, -0.2) is 13.7 Å². The van der Waals surface area contributed by atoms with Gasteiger partial charge in [-0.05, 0) is 73.4 Å². The average Bonchev–Trinajstić information content (AvgIpc) is 2.75. The Morgan fingerprint density at radius 2 is 1.55 bits per heavy atom. The molecule has 0 heterocycles. The van der Waals surface area contributed by atoms with Gasteiger partial charge in [0.2, 0.25) is 0 Å². The van der Waals surface area contributed by atoms with E-state index in [0.717, 1.165) is 31.4 Å². The predicted octanol–water partition coefficient (Wildman–Crippen LogP) is 7.32. The molecule has 0 spiro atoms. The fraction of sp³-hybridized carbons (Fsp3) is 0.462. The quantitative estimate of drug-likeness (QED) is 0.318. The number of rotatable bonds is 7. The monoisotopic (exact) mass is 448 g/mol. The maximum atomic E-state index is 14.5. The van der Waals surface area contributed by atoms with E-state index in [9.17, 15) is 13.2 Å². The number of hydrogen-bond acceptors (Lipinski definition) is 1. The second-order valence-electron chi connectivity index (χ2n) is 8.37. The number of ether oxygens (including phenoxy) is 1. The molecule has 0 saturated heterocycles. The Labute approximate surface area is 188 Å². The van der Waals surface area contributed by atoms with Gasteiger partial charge in [0, 0.05) is 19.3 Å². The Balaban J connectivity index is 1.55. The molecule has 2 aromatic rings. The van der Waals surface area contributed by atoms with Gasteiger partial charge < -0.3 is 4.74 Å². The number of aryl methyl sites for hydroxylation is 1. The standard InChI is InChI=1S/C26H28ClF3O/c1-31-14-2-3-18-4-6-19(7-5-18)8-9-21-16-24(28)22(25(29)17-21)12-10-20-11-13-23(27)26(30)15-20/h11,13,15-19H,2-9,14H2,1H3. The lowest BCUT2D eigenvalue weighted by atomic mass is 9.78. The van der Waals surface area contributed by atoms with Crippen molar-refractivity contribution in [2.75, 3.05) is 13.7 Å². The molecule has 31 heavy (non-hydrogen) atoms.